The van der Waals surface area contributed by atoms with E-state index in [1.807, 2.05) is 26.4 Å². The van der Waals surface area contributed by atoms with Crippen LogP contribution in [0.25, 0.3) is 0 Å². The minimum Gasteiger partial charge on any atom is -0.340 e. The van der Waals surface area contributed by atoms with Crippen LogP contribution in [-0.4, -0.2) is 37.7 Å². The van der Waals surface area contributed by atoms with Gasteiger partial charge in [0.15, 0.2) is 5.82 Å². The van der Waals surface area contributed by atoms with Gasteiger partial charge in [-0.2, -0.15) is 4.98 Å². The molecular formula is C13H19N5O. The van der Waals surface area contributed by atoms with Crippen LogP contribution in [0.2, 0.25) is 0 Å². The highest BCUT2D eigenvalue weighted by molar-refractivity contribution is 4.99. The van der Waals surface area contributed by atoms with Crippen molar-refractivity contribution in [1.82, 2.24) is 24.6 Å². The first-order valence-corrected chi connectivity index (χ1v) is 6.71. The Hall–Kier alpha value is -1.69. The van der Waals surface area contributed by atoms with E-state index in [2.05, 4.69) is 24.6 Å². The van der Waals surface area contributed by atoms with Crippen molar-refractivity contribution in [2.24, 2.45) is 7.05 Å². The molecule has 1 aliphatic rings. The first-order valence-electron chi connectivity index (χ1n) is 6.71. The molecule has 0 aliphatic carbocycles. The molecule has 0 N–H and O–H groups in total. The van der Waals surface area contributed by atoms with E-state index in [0.29, 0.717) is 11.8 Å². The SMILES string of the molecule is Cc1nc(C2CCCN(Cc3nccn3C)C2)no1. The molecular weight excluding hydrogens is 242 g/mol. The van der Waals surface area contributed by atoms with Crippen LogP contribution < -0.4 is 0 Å². The molecule has 2 aromatic heterocycles. The molecule has 1 saturated heterocycles. The van der Waals surface area contributed by atoms with Crippen molar-refractivity contribution in [2.45, 2.75) is 32.2 Å². The van der Waals surface area contributed by atoms with E-state index >= 15 is 0 Å². The highest BCUT2D eigenvalue weighted by Gasteiger charge is 2.25. The van der Waals surface area contributed by atoms with Gasteiger partial charge in [0.05, 0.1) is 6.54 Å². The molecule has 0 saturated carbocycles. The molecule has 1 atom stereocenters. The summed E-state index contributed by atoms with van der Waals surface area (Å²) >= 11 is 0. The van der Waals surface area contributed by atoms with Crippen LogP contribution in [0.4, 0.5) is 0 Å². The summed E-state index contributed by atoms with van der Waals surface area (Å²) in [7, 11) is 2.03. The summed E-state index contributed by atoms with van der Waals surface area (Å²) in [5.41, 5.74) is 0. The van der Waals surface area contributed by atoms with Crippen molar-refractivity contribution in [3.05, 3.63) is 29.9 Å². The second-order valence-corrected chi connectivity index (χ2v) is 5.20. The fourth-order valence-corrected chi connectivity index (χ4v) is 2.64. The number of hydrogen-bond acceptors (Lipinski definition) is 5. The fraction of sp³-hybridized carbons (Fsp3) is 0.615. The predicted molar refractivity (Wildman–Crippen MR) is 69.5 cm³/mol. The topological polar surface area (TPSA) is 60.0 Å². The Morgan fingerprint density at radius 1 is 1.47 bits per heavy atom. The maximum atomic E-state index is 5.08. The second kappa shape index (κ2) is 5.13. The molecule has 6 nitrogen and oxygen atoms in total. The molecule has 3 heterocycles. The van der Waals surface area contributed by atoms with E-state index in [1.165, 1.54) is 6.42 Å². The van der Waals surface area contributed by atoms with Crippen molar-refractivity contribution >= 4 is 0 Å². The third-order valence-electron chi connectivity index (χ3n) is 3.70. The number of imidazole rings is 1. The molecule has 102 valence electrons. The number of nitrogens with zero attached hydrogens (tertiary/aromatic N) is 5. The quantitative estimate of drug-likeness (QED) is 0.837. The summed E-state index contributed by atoms with van der Waals surface area (Å²) in [5, 5.41) is 4.05. The maximum Gasteiger partial charge on any atom is 0.223 e. The van der Waals surface area contributed by atoms with E-state index in [4.69, 9.17) is 4.52 Å². The molecule has 1 aliphatic heterocycles. The highest BCUT2D eigenvalue weighted by atomic mass is 16.5. The fourth-order valence-electron chi connectivity index (χ4n) is 2.64. The van der Waals surface area contributed by atoms with Gasteiger partial charge in [0, 0.05) is 38.8 Å². The van der Waals surface area contributed by atoms with Gasteiger partial charge in [-0.15, -0.1) is 0 Å². The van der Waals surface area contributed by atoms with Gasteiger partial charge in [0.25, 0.3) is 0 Å². The van der Waals surface area contributed by atoms with E-state index in [9.17, 15) is 0 Å². The summed E-state index contributed by atoms with van der Waals surface area (Å²) in [4.78, 5) is 11.2. The van der Waals surface area contributed by atoms with E-state index in [1.54, 1.807) is 0 Å². The third kappa shape index (κ3) is 2.68. The van der Waals surface area contributed by atoms with Crippen LogP contribution in [-0.2, 0) is 13.6 Å². The first-order chi connectivity index (χ1) is 9.22. The largest absolute Gasteiger partial charge is 0.340 e. The van der Waals surface area contributed by atoms with Crippen LogP contribution in [0.3, 0.4) is 0 Å². The van der Waals surface area contributed by atoms with Gasteiger partial charge in [-0.1, -0.05) is 5.16 Å². The van der Waals surface area contributed by atoms with E-state index in [-0.39, 0.29) is 0 Å². The average molecular weight is 261 g/mol. The zero-order chi connectivity index (χ0) is 13.2. The number of aryl methyl sites for hydroxylation is 2. The lowest BCUT2D eigenvalue weighted by atomic mass is 9.97. The van der Waals surface area contributed by atoms with Crippen molar-refractivity contribution < 1.29 is 4.52 Å². The molecule has 3 rings (SSSR count). The second-order valence-electron chi connectivity index (χ2n) is 5.20. The third-order valence-corrected chi connectivity index (χ3v) is 3.70. The van der Waals surface area contributed by atoms with Gasteiger partial charge in [-0.25, -0.2) is 4.98 Å². The zero-order valence-electron chi connectivity index (χ0n) is 11.4. The van der Waals surface area contributed by atoms with Gasteiger partial charge in [-0.05, 0) is 19.4 Å². The minimum absolute atomic E-state index is 0.381. The number of piperidine rings is 1. The monoisotopic (exact) mass is 261 g/mol. The number of hydrogen-bond donors (Lipinski definition) is 0. The number of rotatable bonds is 3. The van der Waals surface area contributed by atoms with Gasteiger partial charge < -0.3 is 9.09 Å². The van der Waals surface area contributed by atoms with Crippen LogP contribution >= 0.6 is 0 Å². The Labute approximate surface area is 112 Å². The summed E-state index contributed by atoms with van der Waals surface area (Å²) in [6, 6.07) is 0. The summed E-state index contributed by atoms with van der Waals surface area (Å²) in [6.45, 7) is 4.81. The lowest BCUT2D eigenvalue weighted by Gasteiger charge is -2.30. The molecule has 6 heteroatoms. The Morgan fingerprint density at radius 3 is 3.05 bits per heavy atom. The van der Waals surface area contributed by atoms with Crippen molar-refractivity contribution in [3.63, 3.8) is 0 Å². The predicted octanol–water partition coefficient (Wildman–Crippen LogP) is 1.49. The van der Waals surface area contributed by atoms with Crippen molar-refractivity contribution in [3.8, 4) is 0 Å². The van der Waals surface area contributed by atoms with Crippen molar-refractivity contribution in [1.29, 1.82) is 0 Å². The maximum absolute atomic E-state index is 5.08. The molecule has 1 fully saturated rings. The molecule has 0 aromatic carbocycles. The first kappa shape index (κ1) is 12.3. The summed E-state index contributed by atoms with van der Waals surface area (Å²) in [6.07, 6.45) is 6.14. The van der Waals surface area contributed by atoms with Crippen LogP contribution in [0, 0.1) is 6.92 Å². The molecule has 0 spiro atoms. The Balaban J connectivity index is 1.66. The highest BCUT2D eigenvalue weighted by Crippen LogP contribution is 2.25. The molecule has 2 aromatic rings. The Bertz CT molecular complexity index is 547. The normalized spacial score (nSPS) is 20.8. The van der Waals surface area contributed by atoms with Crippen LogP contribution in [0.1, 0.15) is 36.3 Å². The van der Waals surface area contributed by atoms with Gasteiger partial charge in [0.1, 0.15) is 5.82 Å². The molecule has 0 radical (unpaired) electrons. The Morgan fingerprint density at radius 2 is 2.37 bits per heavy atom. The van der Waals surface area contributed by atoms with Gasteiger partial charge >= 0.3 is 0 Å². The zero-order valence-corrected chi connectivity index (χ0v) is 11.4. The van der Waals surface area contributed by atoms with Gasteiger partial charge in [0.2, 0.25) is 5.89 Å². The molecule has 1 unspecified atom stereocenters. The Kier molecular flexibility index (Phi) is 3.33. The molecule has 19 heavy (non-hydrogen) atoms. The summed E-state index contributed by atoms with van der Waals surface area (Å²) in [5.74, 6) is 2.98. The van der Waals surface area contributed by atoms with Crippen LogP contribution in [0.5, 0.6) is 0 Å². The lowest BCUT2D eigenvalue weighted by Crippen LogP contribution is -2.35. The molecule has 0 bridgehead atoms. The lowest BCUT2D eigenvalue weighted by molar-refractivity contribution is 0.189. The average Bonchev–Trinajstić information content (AvgIpc) is 3.00. The smallest absolute Gasteiger partial charge is 0.223 e. The van der Waals surface area contributed by atoms with Crippen LogP contribution in [0.15, 0.2) is 16.9 Å². The van der Waals surface area contributed by atoms with E-state index < -0.39 is 0 Å². The van der Waals surface area contributed by atoms with Gasteiger partial charge in [-0.3, -0.25) is 4.90 Å². The molecule has 0 amide bonds. The number of likely N-dealkylation sites (tertiary alicyclic amines) is 1. The number of aromatic nitrogens is 4. The van der Waals surface area contributed by atoms with Crippen molar-refractivity contribution in [2.75, 3.05) is 13.1 Å². The summed E-state index contributed by atoms with van der Waals surface area (Å²) < 4.78 is 7.15. The van der Waals surface area contributed by atoms with E-state index in [0.717, 1.165) is 37.7 Å². The standard InChI is InChI=1S/C13H19N5O/c1-10-15-13(16-19-10)11-4-3-6-18(8-11)9-12-14-5-7-17(12)2/h5,7,11H,3-4,6,8-9H2,1-2H3. The minimum atomic E-state index is 0.381.